The minimum Gasteiger partial charge on any atom is -0.389 e. The van der Waals surface area contributed by atoms with Gasteiger partial charge in [0.05, 0.1) is 10.9 Å². The first-order chi connectivity index (χ1) is 18.5. The number of alkyl halides is 1. The molecule has 10 heteroatoms. The number of pyridine rings is 1. The van der Waals surface area contributed by atoms with Crippen LogP contribution in [0.3, 0.4) is 0 Å². The quantitative estimate of drug-likeness (QED) is 0.299. The number of benzene rings is 2. The molecule has 0 aliphatic carbocycles. The van der Waals surface area contributed by atoms with Crippen LogP contribution in [0.15, 0.2) is 63.9 Å². The third kappa shape index (κ3) is 5.93. The van der Waals surface area contributed by atoms with E-state index in [0.29, 0.717) is 40.7 Å². The summed E-state index contributed by atoms with van der Waals surface area (Å²) < 4.78 is 5.51. The third-order valence-electron chi connectivity index (χ3n) is 6.58. The van der Waals surface area contributed by atoms with E-state index in [9.17, 15) is 14.4 Å². The largest absolute Gasteiger partial charge is 0.389 e. The standard InChI is InChI=1S/C29H30ClN5O4/c1-17-20(22-15-18(16-30)8-9-21(22)25(31)36)10-11-23-24(17)26(37)39-28(33-23)34-29(2,3)27(38)35(4)14-12-19-7-5-6-13-32-19/h5-11,13,15H,12,14,16H2,1-4H3,(H2,31,36)(H,33,34). The van der Waals surface area contributed by atoms with E-state index in [1.165, 1.54) is 0 Å². The lowest BCUT2D eigenvalue weighted by atomic mass is 9.92. The Hall–Kier alpha value is -4.24. The summed E-state index contributed by atoms with van der Waals surface area (Å²) in [6.07, 6.45) is 2.32. The van der Waals surface area contributed by atoms with Gasteiger partial charge in [-0.15, -0.1) is 11.6 Å². The number of carbonyl (C=O) groups is 2. The van der Waals surface area contributed by atoms with Crippen LogP contribution in [0.1, 0.15) is 41.0 Å². The zero-order chi connectivity index (χ0) is 28.3. The van der Waals surface area contributed by atoms with Crippen molar-refractivity contribution in [2.45, 2.75) is 38.6 Å². The first-order valence-electron chi connectivity index (χ1n) is 12.4. The number of aryl methyl sites for hydroxylation is 1. The van der Waals surface area contributed by atoms with Crippen molar-refractivity contribution in [3.8, 4) is 11.1 Å². The fraction of sp³-hybridized carbons (Fsp3) is 0.276. The number of amides is 2. The number of nitrogens with two attached hydrogens (primary N) is 1. The molecule has 0 spiro atoms. The molecule has 39 heavy (non-hydrogen) atoms. The molecule has 0 fully saturated rings. The number of carbonyl (C=O) groups excluding carboxylic acids is 2. The van der Waals surface area contributed by atoms with Gasteiger partial charge in [-0.2, -0.15) is 4.98 Å². The van der Waals surface area contributed by atoms with Crippen LogP contribution in [0.4, 0.5) is 6.01 Å². The Labute approximate surface area is 231 Å². The summed E-state index contributed by atoms with van der Waals surface area (Å²) in [6.45, 7) is 5.62. The summed E-state index contributed by atoms with van der Waals surface area (Å²) in [4.78, 5) is 48.8. The zero-order valence-electron chi connectivity index (χ0n) is 22.2. The van der Waals surface area contributed by atoms with Crippen molar-refractivity contribution in [1.82, 2.24) is 14.9 Å². The van der Waals surface area contributed by atoms with E-state index in [0.717, 1.165) is 11.3 Å². The van der Waals surface area contributed by atoms with Crippen molar-refractivity contribution in [3.05, 3.63) is 87.5 Å². The minimum atomic E-state index is -1.11. The van der Waals surface area contributed by atoms with Crippen LogP contribution >= 0.6 is 11.6 Å². The summed E-state index contributed by atoms with van der Waals surface area (Å²) in [5.41, 5.74) is 8.06. The predicted octanol–water partition coefficient (Wildman–Crippen LogP) is 4.29. The minimum absolute atomic E-state index is 0.0712. The van der Waals surface area contributed by atoms with Gasteiger partial charge in [0.15, 0.2) is 0 Å². The molecule has 2 aromatic heterocycles. The molecule has 0 saturated carbocycles. The van der Waals surface area contributed by atoms with Crippen LogP contribution < -0.4 is 16.7 Å². The number of likely N-dealkylation sites (N-methyl/N-ethyl adjacent to an activating group) is 1. The maximum absolute atomic E-state index is 13.2. The van der Waals surface area contributed by atoms with Crippen molar-refractivity contribution < 1.29 is 14.0 Å². The van der Waals surface area contributed by atoms with Crippen LogP contribution in [-0.4, -0.2) is 45.8 Å². The Bertz CT molecular complexity index is 1600. The van der Waals surface area contributed by atoms with Crippen molar-refractivity contribution >= 4 is 40.3 Å². The van der Waals surface area contributed by atoms with Gasteiger partial charge in [0, 0.05) is 43.3 Å². The van der Waals surface area contributed by atoms with Gasteiger partial charge in [-0.1, -0.05) is 18.2 Å². The lowest BCUT2D eigenvalue weighted by molar-refractivity contribution is -0.133. The Balaban J connectivity index is 1.62. The number of fused-ring (bicyclic) bond motifs is 1. The molecule has 0 atom stereocenters. The predicted molar refractivity (Wildman–Crippen MR) is 152 cm³/mol. The molecule has 0 bridgehead atoms. The lowest BCUT2D eigenvalue weighted by Crippen LogP contribution is -2.49. The molecule has 0 unspecified atom stereocenters. The van der Waals surface area contributed by atoms with E-state index >= 15 is 0 Å². The summed E-state index contributed by atoms with van der Waals surface area (Å²) in [6, 6.07) is 14.2. The van der Waals surface area contributed by atoms with E-state index in [-0.39, 0.29) is 23.2 Å². The highest BCUT2D eigenvalue weighted by Gasteiger charge is 2.32. The van der Waals surface area contributed by atoms with E-state index in [4.69, 9.17) is 21.8 Å². The van der Waals surface area contributed by atoms with E-state index in [1.807, 2.05) is 18.2 Å². The number of aromatic nitrogens is 2. The number of nitrogens with one attached hydrogen (secondary N) is 1. The summed E-state index contributed by atoms with van der Waals surface area (Å²) in [5.74, 6) is -0.538. The molecular formula is C29H30ClN5O4. The van der Waals surface area contributed by atoms with Gasteiger partial charge in [0.25, 0.3) is 6.01 Å². The second-order valence-electron chi connectivity index (χ2n) is 9.86. The number of anilines is 1. The number of hydrogen-bond acceptors (Lipinski definition) is 7. The molecule has 0 aliphatic rings. The molecule has 0 saturated heterocycles. The fourth-order valence-electron chi connectivity index (χ4n) is 4.50. The van der Waals surface area contributed by atoms with Crippen LogP contribution in [0, 0.1) is 6.92 Å². The van der Waals surface area contributed by atoms with Gasteiger partial charge in [-0.25, -0.2) is 4.79 Å². The van der Waals surface area contributed by atoms with Crippen molar-refractivity contribution in [2.24, 2.45) is 5.73 Å². The number of hydrogen-bond donors (Lipinski definition) is 2. The van der Waals surface area contributed by atoms with Gasteiger partial charge in [-0.05, 0) is 73.4 Å². The lowest BCUT2D eigenvalue weighted by Gasteiger charge is -2.30. The Kier molecular flexibility index (Phi) is 8.01. The first-order valence-corrected chi connectivity index (χ1v) is 12.9. The highest BCUT2D eigenvalue weighted by atomic mass is 35.5. The van der Waals surface area contributed by atoms with Crippen LogP contribution in [0.25, 0.3) is 22.0 Å². The summed E-state index contributed by atoms with van der Waals surface area (Å²) in [5, 5.41) is 3.24. The first kappa shape index (κ1) is 27.8. The summed E-state index contributed by atoms with van der Waals surface area (Å²) in [7, 11) is 1.71. The number of halogens is 1. The second-order valence-corrected chi connectivity index (χ2v) is 10.1. The molecule has 9 nitrogen and oxygen atoms in total. The zero-order valence-corrected chi connectivity index (χ0v) is 23.0. The van der Waals surface area contributed by atoms with E-state index in [2.05, 4.69) is 15.3 Å². The van der Waals surface area contributed by atoms with Gasteiger partial charge in [0.1, 0.15) is 5.54 Å². The van der Waals surface area contributed by atoms with Gasteiger partial charge < -0.3 is 20.4 Å². The molecule has 4 aromatic rings. The topological polar surface area (TPSA) is 131 Å². The smallest absolute Gasteiger partial charge is 0.348 e. The summed E-state index contributed by atoms with van der Waals surface area (Å²) >= 11 is 6.01. The normalized spacial score (nSPS) is 11.4. The average Bonchev–Trinajstić information content (AvgIpc) is 2.91. The molecule has 0 radical (unpaired) electrons. The van der Waals surface area contributed by atoms with Gasteiger partial charge >= 0.3 is 5.63 Å². The second kappa shape index (κ2) is 11.2. The number of rotatable bonds is 9. The molecule has 3 N–H and O–H groups in total. The maximum Gasteiger partial charge on any atom is 0.348 e. The molecular weight excluding hydrogens is 518 g/mol. The van der Waals surface area contributed by atoms with Gasteiger partial charge in [-0.3, -0.25) is 14.6 Å². The number of primary amides is 1. The Morgan fingerprint density at radius 3 is 2.56 bits per heavy atom. The highest BCUT2D eigenvalue weighted by Crippen LogP contribution is 2.32. The molecule has 202 valence electrons. The highest BCUT2D eigenvalue weighted by molar-refractivity contribution is 6.17. The number of nitrogens with zero attached hydrogens (tertiary/aromatic N) is 3. The molecule has 0 aliphatic heterocycles. The molecule has 4 rings (SSSR count). The Morgan fingerprint density at radius 2 is 1.90 bits per heavy atom. The SMILES string of the molecule is Cc1c(-c2cc(CCl)ccc2C(N)=O)ccc2nc(NC(C)(C)C(=O)N(C)CCc3ccccn3)oc(=O)c12. The van der Waals surface area contributed by atoms with Crippen molar-refractivity contribution in [2.75, 3.05) is 18.9 Å². The maximum atomic E-state index is 13.2. The molecule has 2 amide bonds. The molecule has 2 aromatic carbocycles. The van der Waals surface area contributed by atoms with Crippen molar-refractivity contribution in [1.29, 1.82) is 0 Å². The van der Waals surface area contributed by atoms with Crippen LogP contribution in [0.2, 0.25) is 0 Å². The van der Waals surface area contributed by atoms with Crippen molar-refractivity contribution in [3.63, 3.8) is 0 Å². The average molecular weight is 548 g/mol. The van der Waals surface area contributed by atoms with E-state index in [1.54, 1.807) is 69.2 Å². The third-order valence-corrected chi connectivity index (χ3v) is 6.89. The van der Waals surface area contributed by atoms with E-state index < -0.39 is 17.1 Å². The molecule has 2 heterocycles. The van der Waals surface area contributed by atoms with Crippen LogP contribution in [0.5, 0.6) is 0 Å². The monoisotopic (exact) mass is 547 g/mol. The fourth-order valence-corrected chi connectivity index (χ4v) is 4.67. The Morgan fingerprint density at radius 1 is 1.13 bits per heavy atom. The van der Waals surface area contributed by atoms with Gasteiger partial charge in [0.2, 0.25) is 11.8 Å². The van der Waals surface area contributed by atoms with Crippen LogP contribution in [-0.2, 0) is 17.1 Å².